The highest BCUT2D eigenvalue weighted by Crippen LogP contribution is 2.35. The average Bonchev–Trinajstić information content (AvgIpc) is 3.18. The van der Waals surface area contributed by atoms with E-state index < -0.39 is 23.6 Å². The van der Waals surface area contributed by atoms with Crippen LogP contribution in [0.15, 0.2) is 71.6 Å². The van der Waals surface area contributed by atoms with Crippen molar-refractivity contribution in [1.82, 2.24) is 4.90 Å². The molecule has 8 nitrogen and oxygen atoms in total. The van der Waals surface area contributed by atoms with Crippen molar-refractivity contribution in [2.45, 2.75) is 20.5 Å². The number of carbonyl (C=O) groups is 3. The molecule has 0 atom stereocenters. The van der Waals surface area contributed by atoms with Gasteiger partial charge in [0.2, 0.25) is 5.91 Å². The van der Waals surface area contributed by atoms with E-state index >= 15 is 0 Å². The molecular formula is C29H27FN2O6S. The van der Waals surface area contributed by atoms with Gasteiger partial charge in [-0.1, -0.05) is 18.2 Å². The minimum Gasteiger partial charge on any atom is -0.494 e. The molecule has 3 aromatic carbocycles. The third-order valence-corrected chi connectivity index (χ3v) is 6.40. The molecule has 1 fully saturated rings. The van der Waals surface area contributed by atoms with Crippen molar-refractivity contribution in [1.29, 1.82) is 0 Å². The van der Waals surface area contributed by atoms with Gasteiger partial charge in [-0.15, -0.1) is 0 Å². The van der Waals surface area contributed by atoms with E-state index in [0.29, 0.717) is 41.7 Å². The lowest BCUT2D eigenvalue weighted by Crippen LogP contribution is -2.36. The maximum atomic E-state index is 13.1. The molecule has 0 spiro atoms. The van der Waals surface area contributed by atoms with Crippen molar-refractivity contribution >= 4 is 40.6 Å². The highest BCUT2D eigenvalue weighted by Gasteiger charge is 2.36. The van der Waals surface area contributed by atoms with Gasteiger partial charge in [0.1, 0.15) is 24.7 Å². The lowest BCUT2D eigenvalue weighted by atomic mass is 10.1. The molecule has 1 N–H and O–H groups in total. The summed E-state index contributed by atoms with van der Waals surface area (Å²) in [4.78, 5) is 39.0. The molecule has 0 saturated carbocycles. The Morgan fingerprint density at radius 1 is 0.923 bits per heavy atom. The minimum absolute atomic E-state index is 0.191. The number of imide groups is 1. The summed E-state index contributed by atoms with van der Waals surface area (Å²) < 4.78 is 30.1. The van der Waals surface area contributed by atoms with E-state index in [4.69, 9.17) is 14.2 Å². The maximum absolute atomic E-state index is 13.1. The summed E-state index contributed by atoms with van der Waals surface area (Å²) in [7, 11) is 0. The number of halogens is 1. The van der Waals surface area contributed by atoms with Crippen LogP contribution in [0.25, 0.3) is 6.08 Å². The SMILES string of the molecule is CCOc1ccc(NC(=O)CN2C(=O)S/C(=C/c3ccc(OCc4ccc(F)cc4)c(OCC)c3)C2=O)cc1. The van der Waals surface area contributed by atoms with Crippen LogP contribution in [0, 0.1) is 5.82 Å². The number of nitrogens with zero attached hydrogens (tertiary/aromatic N) is 1. The van der Waals surface area contributed by atoms with E-state index in [1.165, 1.54) is 12.1 Å². The summed E-state index contributed by atoms with van der Waals surface area (Å²) in [5.74, 6) is 0.243. The summed E-state index contributed by atoms with van der Waals surface area (Å²) in [5.41, 5.74) is 1.94. The number of hydrogen-bond acceptors (Lipinski definition) is 7. The fourth-order valence-corrected chi connectivity index (χ4v) is 4.51. The third kappa shape index (κ3) is 7.38. The molecule has 1 heterocycles. The molecule has 1 aliphatic rings. The molecule has 1 saturated heterocycles. The first-order valence-electron chi connectivity index (χ1n) is 12.3. The number of nitrogens with one attached hydrogen (secondary N) is 1. The molecule has 0 unspecified atom stereocenters. The lowest BCUT2D eigenvalue weighted by Gasteiger charge is -2.13. The summed E-state index contributed by atoms with van der Waals surface area (Å²) >= 11 is 0.764. The van der Waals surface area contributed by atoms with E-state index in [1.54, 1.807) is 60.7 Å². The number of thioether (sulfide) groups is 1. The molecule has 202 valence electrons. The van der Waals surface area contributed by atoms with Gasteiger partial charge in [0, 0.05) is 5.69 Å². The van der Waals surface area contributed by atoms with Crippen molar-refractivity contribution in [3.8, 4) is 17.2 Å². The lowest BCUT2D eigenvalue weighted by molar-refractivity contribution is -0.127. The Balaban J connectivity index is 1.41. The summed E-state index contributed by atoms with van der Waals surface area (Å²) in [6.07, 6.45) is 1.57. The quantitative estimate of drug-likeness (QED) is 0.298. The Morgan fingerprint density at radius 3 is 2.33 bits per heavy atom. The van der Waals surface area contributed by atoms with Crippen molar-refractivity contribution in [2.24, 2.45) is 0 Å². The number of amides is 3. The second-order valence-corrected chi connectivity index (χ2v) is 9.32. The van der Waals surface area contributed by atoms with Crippen molar-refractivity contribution in [3.63, 3.8) is 0 Å². The number of ether oxygens (including phenoxy) is 3. The number of benzene rings is 3. The van der Waals surface area contributed by atoms with Crippen LogP contribution in [-0.4, -0.2) is 41.7 Å². The topological polar surface area (TPSA) is 94.2 Å². The Morgan fingerprint density at radius 2 is 1.64 bits per heavy atom. The Kier molecular flexibility index (Phi) is 9.22. The molecule has 39 heavy (non-hydrogen) atoms. The first kappa shape index (κ1) is 27.7. The number of rotatable bonds is 11. The van der Waals surface area contributed by atoms with Crippen LogP contribution in [0.5, 0.6) is 17.2 Å². The third-order valence-electron chi connectivity index (χ3n) is 5.50. The summed E-state index contributed by atoms with van der Waals surface area (Å²) in [6, 6.07) is 17.9. The van der Waals surface area contributed by atoms with Crippen LogP contribution in [0.3, 0.4) is 0 Å². The normalized spacial score (nSPS) is 14.0. The van der Waals surface area contributed by atoms with E-state index in [-0.39, 0.29) is 17.3 Å². The first-order valence-corrected chi connectivity index (χ1v) is 13.1. The predicted octanol–water partition coefficient (Wildman–Crippen LogP) is 5.88. The van der Waals surface area contributed by atoms with Crippen LogP contribution >= 0.6 is 11.8 Å². The Hall–Kier alpha value is -4.31. The summed E-state index contributed by atoms with van der Waals surface area (Å²) in [5, 5.41) is 2.15. The van der Waals surface area contributed by atoms with Gasteiger partial charge in [0.25, 0.3) is 11.1 Å². The molecular weight excluding hydrogens is 523 g/mol. The summed E-state index contributed by atoms with van der Waals surface area (Å²) in [6.45, 7) is 4.43. The zero-order chi connectivity index (χ0) is 27.8. The highest BCUT2D eigenvalue weighted by atomic mass is 32.2. The zero-order valence-corrected chi connectivity index (χ0v) is 22.3. The van der Waals surface area contributed by atoms with Crippen molar-refractivity contribution in [3.05, 3.63) is 88.6 Å². The van der Waals surface area contributed by atoms with Gasteiger partial charge in [-0.05, 0) is 91.3 Å². The van der Waals surface area contributed by atoms with E-state index in [2.05, 4.69) is 5.32 Å². The molecule has 0 aliphatic carbocycles. The van der Waals surface area contributed by atoms with E-state index in [9.17, 15) is 18.8 Å². The Labute approximate surface area is 229 Å². The fourth-order valence-electron chi connectivity index (χ4n) is 3.68. The fraction of sp³-hybridized carbons (Fsp3) is 0.207. The molecule has 0 radical (unpaired) electrons. The van der Waals surface area contributed by atoms with Gasteiger partial charge in [-0.3, -0.25) is 19.3 Å². The smallest absolute Gasteiger partial charge is 0.294 e. The maximum Gasteiger partial charge on any atom is 0.294 e. The zero-order valence-electron chi connectivity index (χ0n) is 21.4. The number of hydrogen-bond donors (Lipinski definition) is 1. The van der Waals surface area contributed by atoms with Crippen LogP contribution in [-0.2, 0) is 16.2 Å². The van der Waals surface area contributed by atoms with Crippen molar-refractivity contribution in [2.75, 3.05) is 25.1 Å². The molecule has 0 aromatic heterocycles. The molecule has 3 amide bonds. The molecule has 10 heteroatoms. The largest absolute Gasteiger partial charge is 0.494 e. The van der Waals surface area contributed by atoms with Gasteiger partial charge >= 0.3 is 0 Å². The second-order valence-electron chi connectivity index (χ2n) is 8.33. The average molecular weight is 551 g/mol. The van der Waals surface area contributed by atoms with Crippen LogP contribution < -0.4 is 19.5 Å². The molecule has 4 rings (SSSR count). The van der Waals surface area contributed by atoms with E-state index in [1.807, 2.05) is 13.8 Å². The number of carbonyl (C=O) groups excluding carboxylic acids is 3. The second kappa shape index (κ2) is 13.0. The van der Waals surface area contributed by atoms with Gasteiger partial charge < -0.3 is 19.5 Å². The molecule has 0 bridgehead atoms. The minimum atomic E-state index is -0.554. The standard InChI is InChI=1S/C29H27FN2O6S/c1-3-36-23-12-10-22(11-13-23)31-27(33)17-32-28(34)26(39-29(32)35)16-20-7-14-24(25(15-20)37-4-2)38-18-19-5-8-21(30)9-6-19/h5-16H,3-4,17-18H2,1-2H3,(H,31,33)/b26-16+. The predicted molar refractivity (Wildman–Crippen MR) is 147 cm³/mol. The van der Waals surface area contributed by atoms with Crippen LogP contribution in [0.4, 0.5) is 14.9 Å². The van der Waals surface area contributed by atoms with Gasteiger partial charge in [-0.25, -0.2) is 4.39 Å². The highest BCUT2D eigenvalue weighted by molar-refractivity contribution is 8.18. The molecule has 3 aromatic rings. The molecule has 1 aliphatic heterocycles. The van der Waals surface area contributed by atoms with Gasteiger partial charge in [0.05, 0.1) is 18.1 Å². The monoisotopic (exact) mass is 550 g/mol. The number of anilines is 1. The van der Waals surface area contributed by atoms with Crippen molar-refractivity contribution < 1.29 is 33.0 Å². The Bertz CT molecular complexity index is 1380. The first-order chi connectivity index (χ1) is 18.9. The van der Waals surface area contributed by atoms with Gasteiger partial charge in [-0.2, -0.15) is 0 Å². The van der Waals surface area contributed by atoms with Crippen LogP contribution in [0.2, 0.25) is 0 Å². The van der Waals surface area contributed by atoms with Gasteiger partial charge in [0.15, 0.2) is 11.5 Å². The van der Waals surface area contributed by atoms with Crippen LogP contribution in [0.1, 0.15) is 25.0 Å². The van der Waals surface area contributed by atoms with E-state index in [0.717, 1.165) is 22.2 Å².